The number of rotatable bonds is 14. The molecule has 0 amide bonds. The largest absolute Gasteiger partial charge is 0.468 e. The maximum atomic E-state index is 13.1. The highest BCUT2D eigenvalue weighted by Crippen LogP contribution is 2.38. The number of carbonyl (C=O) groups is 2. The zero-order chi connectivity index (χ0) is 42.4. The summed E-state index contributed by atoms with van der Waals surface area (Å²) >= 11 is 0. The third-order valence-corrected chi connectivity index (χ3v) is 13.1. The molecule has 324 valence electrons. The van der Waals surface area contributed by atoms with Gasteiger partial charge in [0.2, 0.25) is 11.8 Å². The van der Waals surface area contributed by atoms with Crippen molar-refractivity contribution in [3.05, 3.63) is 108 Å². The fraction of sp³-hybridized carbons (Fsp3) is 0.440. The van der Waals surface area contributed by atoms with Crippen molar-refractivity contribution < 1.29 is 28.5 Å². The molecule has 4 bridgehead atoms. The van der Waals surface area contributed by atoms with Crippen LogP contribution in [0.5, 0.6) is 12.0 Å². The minimum Gasteiger partial charge on any atom is -0.468 e. The monoisotopic (exact) mass is 838 g/mol. The van der Waals surface area contributed by atoms with E-state index < -0.39 is 0 Å². The molecule has 0 spiro atoms. The molecule has 62 heavy (non-hydrogen) atoms. The van der Waals surface area contributed by atoms with Crippen molar-refractivity contribution >= 4 is 45.3 Å². The molecule has 6 aromatic rings. The number of aromatic nitrogens is 4. The van der Waals surface area contributed by atoms with E-state index in [1.165, 1.54) is 24.0 Å². The van der Waals surface area contributed by atoms with Gasteiger partial charge in [0.15, 0.2) is 0 Å². The van der Waals surface area contributed by atoms with Crippen molar-refractivity contribution in [1.82, 2.24) is 19.1 Å². The Morgan fingerprint density at radius 3 is 1.50 bits per heavy atom. The molecule has 10 rings (SSSR count). The molecule has 6 heterocycles. The van der Waals surface area contributed by atoms with Gasteiger partial charge in [-0.15, -0.1) is 0 Å². The van der Waals surface area contributed by atoms with E-state index in [0.29, 0.717) is 49.0 Å². The SMILES string of the molecule is COc1nc2cc(N3[C@@H]4CC[C@H]3COC4)ccc2n1C(=O)CCCCc1ccccc1.COc1nc2ccc(N3[C@@H]4CC[C@H]3COC4)cc2n1C(=O)CCCCc1ccccc1. The highest BCUT2D eigenvalue weighted by Gasteiger charge is 2.39. The van der Waals surface area contributed by atoms with Crippen LogP contribution in [0.25, 0.3) is 22.1 Å². The number of nitrogens with zero attached hydrogens (tertiary/aromatic N) is 6. The van der Waals surface area contributed by atoms with Gasteiger partial charge in [-0.25, -0.2) is 9.13 Å². The van der Waals surface area contributed by atoms with Crippen LogP contribution in [0.3, 0.4) is 0 Å². The van der Waals surface area contributed by atoms with Crippen LogP contribution in [0.2, 0.25) is 0 Å². The molecule has 12 heteroatoms. The molecule has 4 saturated heterocycles. The second-order valence-electron chi connectivity index (χ2n) is 17.0. The summed E-state index contributed by atoms with van der Waals surface area (Å²) in [4.78, 5) is 40.3. The number of anilines is 2. The molecule has 2 aromatic heterocycles. The van der Waals surface area contributed by atoms with Crippen LogP contribution in [-0.2, 0) is 22.3 Å². The Hall–Kier alpha value is -5.72. The minimum atomic E-state index is 0.0339. The Morgan fingerprint density at radius 1 is 0.548 bits per heavy atom. The summed E-state index contributed by atoms with van der Waals surface area (Å²) in [6.07, 6.45) is 11.2. The number of methoxy groups -OCH3 is 2. The van der Waals surface area contributed by atoms with Crippen molar-refractivity contribution in [2.24, 2.45) is 0 Å². The first-order valence-electron chi connectivity index (χ1n) is 22.5. The molecule has 0 radical (unpaired) electrons. The van der Waals surface area contributed by atoms with Crippen LogP contribution >= 0.6 is 0 Å². The average molecular weight is 839 g/mol. The average Bonchev–Trinajstić information content (AvgIpc) is 4.02. The molecule has 0 unspecified atom stereocenters. The van der Waals surface area contributed by atoms with Gasteiger partial charge in [0.25, 0.3) is 0 Å². The number of morpholine rings is 2. The first kappa shape index (κ1) is 41.6. The lowest BCUT2D eigenvalue weighted by molar-refractivity contribution is 0.0884. The van der Waals surface area contributed by atoms with E-state index in [-0.39, 0.29) is 11.8 Å². The number of hydrogen-bond acceptors (Lipinski definition) is 10. The quantitative estimate of drug-likeness (QED) is 0.0986. The van der Waals surface area contributed by atoms with Gasteiger partial charge in [-0.3, -0.25) is 9.59 Å². The maximum absolute atomic E-state index is 13.1. The topological polar surface area (TPSA) is 113 Å². The molecular formula is C50H58N6O6. The molecule has 4 aliphatic heterocycles. The predicted octanol–water partition coefficient (Wildman–Crippen LogP) is 8.93. The molecule has 4 aromatic carbocycles. The standard InChI is InChI=1S/2C25H29N3O3/c1-30-25-26-22-15-19(27-20-11-12-21(27)17-31-16-20)13-14-23(22)28(25)24(29)10-6-5-9-18-7-3-2-4-8-18;1-30-25-26-22-14-13-19(27-20-11-12-21(27)17-31-16-20)15-23(22)28(25)24(29)10-6-5-9-18-7-3-2-4-8-18/h2*2-4,7-8,13-15,20-21H,5-6,9-12,16-17H2,1H3/t2*20-,21+. The number of hydrogen-bond donors (Lipinski definition) is 0. The summed E-state index contributed by atoms with van der Waals surface area (Å²) in [6.45, 7) is 3.12. The van der Waals surface area contributed by atoms with Gasteiger partial charge in [0.05, 0.1) is 86.9 Å². The van der Waals surface area contributed by atoms with E-state index in [1.54, 1.807) is 23.4 Å². The lowest BCUT2D eigenvalue weighted by Gasteiger charge is -2.36. The third-order valence-electron chi connectivity index (χ3n) is 13.1. The van der Waals surface area contributed by atoms with E-state index in [0.717, 1.165) is 111 Å². The van der Waals surface area contributed by atoms with Gasteiger partial charge in [-0.2, -0.15) is 9.97 Å². The summed E-state index contributed by atoms with van der Waals surface area (Å²) in [7, 11) is 3.15. The maximum Gasteiger partial charge on any atom is 0.304 e. The minimum absolute atomic E-state index is 0.0339. The van der Waals surface area contributed by atoms with Gasteiger partial charge < -0.3 is 28.7 Å². The van der Waals surface area contributed by atoms with Crippen molar-refractivity contribution in [2.45, 2.75) is 101 Å². The number of ether oxygens (including phenoxy) is 4. The van der Waals surface area contributed by atoms with E-state index in [4.69, 9.17) is 18.9 Å². The van der Waals surface area contributed by atoms with Crippen LogP contribution in [0, 0.1) is 0 Å². The highest BCUT2D eigenvalue weighted by molar-refractivity contribution is 5.94. The first-order valence-corrected chi connectivity index (χ1v) is 22.5. The second kappa shape index (κ2) is 19.1. The Labute approximate surface area is 363 Å². The number of carbonyl (C=O) groups excluding carboxylic acids is 2. The first-order chi connectivity index (χ1) is 30.5. The van der Waals surface area contributed by atoms with Crippen LogP contribution in [-0.4, -0.2) is 95.7 Å². The van der Waals surface area contributed by atoms with Gasteiger partial charge in [0, 0.05) is 24.2 Å². The van der Waals surface area contributed by atoms with Crippen LogP contribution in [0.4, 0.5) is 11.4 Å². The molecule has 0 aliphatic carbocycles. The van der Waals surface area contributed by atoms with Gasteiger partial charge in [-0.05, 0) is 112 Å². The Bertz CT molecular complexity index is 2430. The van der Waals surface area contributed by atoms with Gasteiger partial charge >= 0.3 is 12.0 Å². The van der Waals surface area contributed by atoms with Crippen molar-refractivity contribution in [3.8, 4) is 12.0 Å². The third kappa shape index (κ3) is 8.81. The zero-order valence-corrected chi connectivity index (χ0v) is 36.0. The molecule has 4 aliphatic rings. The number of benzene rings is 4. The lowest BCUT2D eigenvalue weighted by atomic mass is 10.1. The summed E-state index contributed by atoms with van der Waals surface area (Å²) < 4.78 is 25.7. The number of unbranched alkanes of at least 4 members (excludes halogenated alkanes) is 2. The molecule has 0 N–H and O–H groups in total. The fourth-order valence-electron chi connectivity index (χ4n) is 9.99. The van der Waals surface area contributed by atoms with Gasteiger partial charge in [-0.1, -0.05) is 60.7 Å². The summed E-state index contributed by atoms with van der Waals surface area (Å²) in [5.74, 6) is 0.0705. The molecule has 4 atom stereocenters. The lowest BCUT2D eigenvalue weighted by Crippen LogP contribution is -2.45. The van der Waals surface area contributed by atoms with E-state index in [1.807, 2.05) is 24.3 Å². The normalized spacial score (nSPS) is 20.4. The molecule has 4 fully saturated rings. The van der Waals surface area contributed by atoms with Crippen molar-refractivity contribution in [2.75, 3.05) is 50.4 Å². The molecular weight excluding hydrogens is 781 g/mol. The number of aryl methyl sites for hydroxylation is 2. The van der Waals surface area contributed by atoms with E-state index in [2.05, 4.69) is 92.6 Å². The molecule has 12 nitrogen and oxygen atoms in total. The van der Waals surface area contributed by atoms with Crippen LogP contribution in [0.1, 0.15) is 84.9 Å². The van der Waals surface area contributed by atoms with Crippen LogP contribution in [0.15, 0.2) is 97.1 Å². The highest BCUT2D eigenvalue weighted by atomic mass is 16.5. The van der Waals surface area contributed by atoms with E-state index >= 15 is 0 Å². The summed E-state index contributed by atoms with van der Waals surface area (Å²) in [5, 5.41) is 0. The van der Waals surface area contributed by atoms with Gasteiger partial charge in [0.1, 0.15) is 0 Å². The Balaban J connectivity index is 0.000000158. The Morgan fingerprint density at radius 2 is 1.00 bits per heavy atom. The van der Waals surface area contributed by atoms with Crippen molar-refractivity contribution in [3.63, 3.8) is 0 Å². The smallest absolute Gasteiger partial charge is 0.304 e. The second-order valence-corrected chi connectivity index (χ2v) is 17.0. The zero-order valence-electron chi connectivity index (χ0n) is 36.0. The summed E-state index contributed by atoms with van der Waals surface area (Å²) in [6, 6.07) is 35.7. The predicted molar refractivity (Wildman–Crippen MR) is 242 cm³/mol. The number of imidazole rings is 2. The van der Waals surface area contributed by atoms with E-state index in [9.17, 15) is 9.59 Å². The molecule has 0 saturated carbocycles. The Kier molecular flexibility index (Phi) is 12.8. The van der Waals surface area contributed by atoms with Crippen LogP contribution < -0.4 is 19.3 Å². The number of fused-ring (bicyclic) bond motifs is 6. The van der Waals surface area contributed by atoms with Crippen molar-refractivity contribution in [1.29, 1.82) is 0 Å². The fourth-order valence-corrected chi connectivity index (χ4v) is 9.99. The summed E-state index contributed by atoms with van der Waals surface area (Å²) in [5.41, 5.74) is 8.16.